The summed E-state index contributed by atoms with van der Waals surface area (Å²) >= 11 is 0. The van der Waals surface area contributed by atoms with Crippen molar-refractivity contribution in [1.29, 1.82) is 0 Å². The fraction of sp³-hybridized carbons (Fsp3) is 0.321. The van der Waals surface area contributed by atoms with Gasteiger partial charge in [0.1, 0.15) is 0 Å². The third-order valence-corrected chi connectivity index (χ3v) is 6.32. The summed E-state index contributed by atoms with van der Waals surface area (Å²) in [5, 5.41) is 8.72. The van der Waals surface area contributed by atoms with Crippen molar-refractivity contribution in [3.05, 3.63) is 83.2 Å². The number of hydrogen-bond donors (Lipinski definition) is 1. The molecule has 0 radical (unpaired) electrons. The molecule has 1 N–H and O–H groups in total. The van der Waals surface area contributed by atoms with Crippen molar-refractivity contribution in [3.8, 4) is 11.1 Å². The topological polar surface area (TPSA) is 59.8 Å². The van der Waals surface area contributed by atoms with E-state index >= 15 is 0 Å². The molecule has 4 aromatic rings. The smallest absolute Gasteiger partial charge is 0.220 e. The van der Waals surface area contributed by atoms with Gasteiger partial charge in [0.05, 0.1) is 12.2 Å². The summed E-state index contributed by atoms with van der Waals surface area (Å²) in [4.78, 5) is 17.5. The number of fused-ring (bicyclic) bond motifs is 1. The number of hydrogen-bond acceptors (Lipinski definition) is 3. The number of amides is 1. The van der Waals surface area contributed by atoms with E-state index in [0.717, 1.165) is 27.9 Å². The zero-order valence-corrected chi connectivity index (χ0v) is 20.1. The minimum atomic E-state index is -0.0469. The second-order valence-corrected chi connectivity index (χ2v) is 9.00. The first-order chi connectivity index (χ1) is 15.8. The van der Waals surface area contributed by atoms with Crippen LogP contribution in [0.15, 0.2) is 60.8 Å². The predicted molar refractivity (Wildman–Crippen MR) is 134 cm³/mol. The van der Waals surface area contributed by atoms with Crippen molar-refractivity contribution in [1.82, 2.24) is 20.1 Å². The number of benzene rings is 2. The van der Waals surface area contributed by atoms with Gasteiger partial charge in [-0.15, -0.1) is 0 Å². The van der Waals surface area contributed by atoms with Crippen molar-refractivity contribution < 1.29 is 4.79 Å². The average molecular weight is 441 g/mol. The van der Waals surface area contributed by atoms with E-state index in [0.29, 0.717) is 12.8 Å². The summed E-state index contributed by atoms with van der Waals surface area (Å²) in [6.07, 6.45) is 2.99. The Balaban J connectivity index is 1.40. The fourth-order valence-corrected chi connectivity index (χ4v) is 4.37. The van der Waals surface area contributed by atoms with E-state index in [4.69, 9.17) is 4.98 Å². The maximum atomic E-state index is 12.7. The molecule has 0 saturated carbocycles. The van der Waals surface area contributed by atoms with Gasteiger partial charge in [0.25, 0.3) is 0 Å². The number of carbonyl (C=O) groups is 1. The lowest BCUT2D eigenvalue weighted by molar-refractivity contribution is -0.121. The lowest BCUT2D eigenvalue weighted by Gasteiger charge is -2.16. The molecule has 0 fully saturated rings. The molecule has 4 rings (SSSR count). The first-order valence-corrected chi connectivity index (χ1v) is 11.6. The van der Waals surface area contributed by atoms with E-state index < -0.39 is 0 Å². The summed E-state index contributed by atoms with van der Waals surface area (Å²) < 4.78 is 1.95. The molecule has 0 unspecified atom stereocenters. The van der Waals surface area contributed by atoms with Gasteiger partial charge in [-0.1, -0.05) is 54.6 Å². The van der Waals surface area contributed by atoms with Gasteiger partial charge in [-0.3, -0.25) is 4.79 Å². The fourth-order valence-electron chi connectivity index (χ4n) is 4.37. The van der Waals surface area contributed by atoms with Crippen molar-refractivity contribution >= 4 is 16.9 Å². The number of aromatic nitrogens is 3. The van der Waals surface area contributed by atoms with Crippen LogP contribution in [0.25, 0.3) is 22.2 Å². The van der Waals surface area contributed by atoms with Crippen molar-refractivity contribution in [2.45, 2.75) is 59.5 Å². The summed E-state index contributed by atoms with van der Waals surface area (Å²) in [6.45, 7) is 10.4. The molecule has 2 heterocycles. The number of nitrogens with one attached hydrogen (secondary N) is 1. The largest absolute Gasteiger partial charge is 0.350 e. The maximum absolute atomic E-state index is 12.7. The molecule has 0 aliphatic rings. The van der Waals surface area contributed by atoms with Gasteiger partial charge in [-0.05, 0) is 68.9 Å². The van der Waals surface area contributed by atoms with Crippen LogP contribution in [0.1, 0.15) is 61.7 Å². The van der Waals surface area contributed by atoms with Crippen LogP contribution in [0.2, 0.25) is 0 Å². The number of rotatable bonds is 7. The average Bonchev–Trinajstić information content (AvgIpc) is 3.24. The predicted octanol–water partition coefficient (Wildman–Crippen LogP) is 6.11. The minimum absolute atomic E-state index is 0.0469. The third-order valence-electron chi connectivity index (χ3n) is 6.32. The number of nitrogens with zero attached hydrogens (tertiary/aromatic N) is 3. The second kappa shape index (κ2) is 9.57. The van der Waals surface area contributed by atoms with Crippen molar-refractivity contribution in [3.63, 3.8) is 0 Å². The van der Waals surface area contributed by atoms with Crippen LogP contribution in [-0.2, 0) is 11.2 Å². The lowest BCUT2D eigenvalue weighted by atomic mass is 9.99. The molecule has 2 aromatic heterocycles. The van der Waals surface area contributed by atoms with Gasteiger partial charge in [-0.25, -0.2) is 9.67 Å². The van der Waals surface area contributed by atoms with Crippen molar-refractivity contribution in [2.24, 2.45) is 0 Å². The minimum Gasteiger partial charge on any atom is -0.350 e. The van der Waals surface area contributed by atoms with Crippen LogP contribution < -0.4 is 5.32 Å². The molecular formula is C28H32N4O. The molecule has 1 atom stereocenters. The van der Waals surface area contributed by atoms with Crippen LogP contribution in [0, 0.1) is 13.8 Å². The highest BCUT2D eigenvalue weighted by Crippen LogP contribution is 2.26. The second-order valence-electron chi connectivity index (χ2n) is 9.00. The van der Waals surface area contributed by atoms with Gasteiger partial charge < -0.3 is 5.32 Å². The molecule has 170 valence electrons. The highest BCUT2D eigenvalue weighted by atomic mass is 16.1. The Labute approximate surface area is 195 Å². The highest BCUT2D eigenvalue weighted by molar-refractivity contribution is 5.81. The first kappa shape index (κ1) is 22.7. The Bertz CT molecular complexity index is 1260. The molecule has 1 amide bonds. The summed E-state index contributed by atoms with van der Waals surface area (Å²) in [7, 11) is 0. The Kier molecular flexibility index (Phi) is 6.59. The van der Waals surface area contributed by atoms with Gasteiger partial charge >= 0.3 is 0 Å². The third kappa shape index (κ3) is 4.82. The zero-order valence-electron chi connectivity index (χ0n) is 20.1. The van der Waals surface area contributed by atoms with Crippen LogP contribution in [0.4, 0.5) is 0 Å². The highest BCUT2D eigenvalue weighted by Gasteiger charge is 2.16. The van der Waals surface area contributed by atoms with E-state index in [1.807, 2.05) is 42.9 Å². The Morgan fingerprint density at radius 3 is 2.30 bits per heavy atom. The molecule has 0 bridgehead atoms. The van der Waals surface area contributed by atoms with Gasteiger partial charge in [0, 0.05) is 23.5 Å². The van der Waals surface area contributed by atoms with E-state index in [2.05, 4.69) is 67.6 Å². The van der Waals surface area contributed by atoms with Gasteiger partial charge in [-0.2, -0.15) is 5.10 Å². The number of carbonyl (C=O) groups excluding carboxylic acids is 1. The molecule has 0 aliphatic carbocycles. The van der Waals surface area contributed by atoms with Crippen LogP contribution in [-0.4, -0.2) is 20.7 Å². The normalized spacial score (nSPS) is 12.3. The Morgan fingerprint density at radius 2 is 1.64 bits per heavy atom. The summed E-state index contributed by atoms with van der Waals surface area (Å²) in [5.41, 5.74) is 7.66. The molecule has 0 saturated heterocycles. The molecule has 5 nitrogen and oxygen atoms in total. The SMILES string of the molecule is Cc1nc2c(cnn2C(C)C)c(C)c1CCC(=O)N[C@@H](C)c1ccc(-c2ccccc2)cc1. The first-order valence-electron chi connectivity index (χ1n) is 11.6. The molecule has 5 heteroatoms. The monoisotopic (exact) mass is 440 g/mol. The quantitative estimate of drug-likeness (QED) is 0.377. The maximum Gasteiger partial charge on any atom is 0.220 e. The number of pyridine rings is 1. The molecule has 0 spiro atoms. The Hall–Kier alpha value is -3.47. The molecule has 33 heavy (non-hydrogen) atoms. The van der Waals surface area contributed by atoms with Crippen molar-refractivity contribution in [2.75, 3.05) is 0 Å². The Morgan fingerprint density at radius 1 is 0.970 bits per heavy atom. The van der Waals surface area contributed by atoms with Crippen LogP contribution in [0.5, 0.6) is 0 Å². The lowest BCUT2D eigenvalue weighted by Crippen LogP contribution is -2.27. The molecule has 2 aromatic carbocycles. The standard InChI is InChI=1S/C28H32N4O/c1-18(2)32-28-26(17-29-32)19(3)25(21(5)31-28)15-16-27(33)30-20(4)22-11-13-24(14-12-22)23-9-7-6-8-10-23/h6-14,17-18,20H,15-16H2,1-5H3,(H,30,33)/t20-/m0/s1. The van der Waals surface area contributed by atoms with E-state index in [-0.39, 0.29) is 18.0 Å². The van der Waals surface area contributed by atoms with Gasteiger partial charge in [0.15, 0.2) is 5.65 Å². The van der Waals surface area contributed by atoms with E-state index in [1.54, 1.807) is 0 Å². The molecular weight excluding hydrogens is 408 g/mol. The van der Waals surface area contributed by atoms with Gasteiger partial charge in [0.2, 0.25) is 5.91 Å². The zero-order chi connectivity index (χ0) is 23.5. The van der Waals surface area contributed by atoms with E-state index in [1.165, 1.54) is 16.7 Å². The van der Waals surface area contributed by atoms with Crippen LogP contribution >= 0.6 is 0 Å². The summed E-state index contributed by atoms with van der Waals surface area (Å²) in [5.74, 6) is 0.0476. The van der Waals surface area contributed by atoms with E-state index in [9.17, 15) is 4.79 Å². The number of aryl methyl sites for hydroxylation is 2. The summed E-state index contributed by atoms with van der Waals surface area (Å²) in [6, 6.07) is 18.9. The molecule has 0 aliphatic heterocycles. The van der Waals surface area contributed by atoms with Crippen LogP contribution in [0.3, 0.4) is 0 Å².